The van der Waals surface area contributed by atoms with E-state index in [4.69, 9.17) is 14.2 Å². The van der Waals surface area contributed by atoms with Crippen LogP contribution >= 0.6 is 27.3 Å². The number of carbonyl (C=O) groups is 1. The number of benzene rings is 1. The molecule has 0 amide bonds. The fraction of sp³-hybridized carbons (Fsp3) is 0.154. The smallest absolute Gasteiger partial charge is 0.231 e. The van der Waals surface area contributed by atoms with E-state index in [9.17, 15) is 4.79 Å². The maximum atomic E-state index is 11.1. The Morgan fingerprint density at radius 3 is 2.79 bits per heavy atom. The first-order chi connectivity index (χ1) is 9.26. The molecular formula is C13H9BrO4S. The first-order valence-corrected chi connectivity index (χ1v) is 7.18. The van der Waals surface area contributed by atoms with E-state index in [-0.39, 0.29) is 6.79 Å². The predicted octanol–water partition coefficient (Wildman–Crippen LogP) is 3.63. The van der Waals surface area contributed by atoms with E-state index in [1.54, 1.807) is 23.5 Å². The van der Waals surface area contributed by atoms with E-state index in [2.05, 4.69) is 15.9 Å². The fourth-order valence-corrected chi connectivity index (χ4v) is 3.10. The van der Waals surface area contributed by atoms with Crippen molar-refractivity contribution in [3.8, 4) is 17.2 Å². The zero-order valence-electron chi connectivity index (χ0n) is 9.72. The highest BCUT2D eigenvalue weighted by Crippen LogP contribution is 2.38. The van der Waals surface area contributed by atoms with Gasteiger partial charge in [0.25, 0.3) is 0 Å². The summed E-state index contributed by atoms with van der Waals surface area (Å²) < 4.78 is 17.2. The van der Waals surface area contributed by atoms with Gasteiger partial charge in [-0.3, -0.25) is 4.79 Å². The highest BCUT2D eigenvalue weighted by Gasteiger charge is 2.18. The second-order valence-corrected chi connectivity index (χ2v) is 5.79. The molecule has 1 aromatic heterocycles. The minimum Gasteiger partial charge on any atom is -0.487 e. The van der Waals surface area contributed by atoms with Crippen molar-refractivity contribution in [3.63, 3.8) is 0 Å². The largest absolute Gasteiger partial charge is 0.487 e. The van der Waals surface area contributed by atoms with Gasteiger partial charge in [0.05, 0.1) is 5.56 Å². The van der Waals surface area contributed by atoms with E-state index in [1.807, 2.05) is 11.4 Å². The molecule has 0 radical (unpaired) electrons. The van der Waals surface area contributed by atoms with Crippen molar-refractivity contribution in [3.05, 3.63) is 38.5 Å². The Hall–Kier alpha value is -1.53. The van der Waals surface area contributed by atoms with Gasteiger partial charge in [0.1, 0.15) is 12.4 Å². The Kier molecular flexibility index (Phi) is 3.44. The molecule has 19 heavy (non-hydrogen) atoms. The third-order valence-corrected chi connectivity index (χ3v) is 4.29. The van der Waals surface area contributed by atoms with E-state index in [1.165, 1.54) is 0 Å². The molecule has 0 fully saturated rings. The van der Waals surface area contributed by atoms with Crippen LogP contribution in [0.15, 0.2) is 28.1 Å². The number of halogens is 1. The zero-order chi connectivity index (χ0) is 13.2. The molecule has 1 aromatic carbocycles. The third kappa shape index (κ3) is 2.59. The summed E-state index contributed by atoms with van der Waals surface area (Å²) in [6, 6.07) is 5.31. The lowest BCUT2D eigenvalue weighted by molar-refractivity contribution is 0.111. The number of aldehydes is 1. The minimum absolute atomic E-state index is 0.176. The van der Waals surface area contributed by atoms with Gasteiger partial charge in [-0.2, -0.15) is 0 Å². The molecule has 0 atom stereocenters. The molecule has 2 heterocycles. The van der Waals surface area contributed by atoms with Crippen molar-refractivity contribution in [2.24, 2.45) is 0 Å². The number of hydrogen-bond acceptors (Lipinski definition) is 5. The van der Waals surface area contributed by atoms with Crippen LogP contribution in [0.3, 0.4) is 0 Å². The number of thiophene rings is 1. The SMILES string of the molecule is O=Cc1cc2c(cc1OCc1cc(Br)cs1)OCO2. The average molecular weight is 341 g/mol. The van der Waals surface area contributed by atoms with Gasteiger partial charge in [0.15, 0.2) is 17.8 Å². The van der Waals surface area contributed by atoms with Crippen molar-refractivity contribution in [2.45, 2.75) is 6.61 Å². The Balaban J connectivity index is 1.81. The lowest BCUT2D eigenvalue weighted by Gasteiger charge is -2.08. The summed E-state index contributed by atoms with van der Waals surface area (Å²) in [5.41, 5.74) is 0.458. The van der Waals surface area contributed by atoms with Crippen LogP contribution in [0.1, 0.15) is 15.2 Å². The maximum Gasteiger partial charge on any atom is 0.231 e. The summed E-state index contributed by atoms with van der Waals surface area (Å²) in [5.74, 6) is 1.69. The monoisotopic (exact) mass is 340 g/mol. The highest BCUT2D eigenvalue weighted by molar-refractivity contribution is 9.10. The van der Waals surface area contributed by atoms with Crippen molar-refractivity contribution in [2.75, 3.05) is 6.79 Å². The molecule has 1 aliphatic heterocycles. The Morgan fingerprint density at radius 2 is 2.11 bits per heavy atom. The molecule has 4 nitrogen and oxygen atoms in total. The molecule has 0 N–H and O–H groups in total. The molecule has 1 aliphatic rings. The maximum absolute atomic E-state index is 11.1. The molecular weight excluding hydrogens is 332 g/mol. The molecule has 0 saturated heterocycles. The molecule has 0 aliphatic carbocycles. The normalized spacial score (nSPS) is 12.5. The van der Waals surface area contributed by atoms with E-state index in [0.29, 0.717) is 29.4 Å². The third-order valence-electron chi connectivity index (χ3n) is 2.62. The standard InChI is InChI=1S/C13H9BrO4S/c14-9-2-10(19-6-9)5-16-11-3-13-12(17-7-18-13)1-8(11)4-15/h1-4,6H,5,7H2. The van der Waals surface area contributed by atoms with Gasteiger partial charge in [-0.1, -0.05) is 0 Å². The van der Waals surface area contributed by atoms with Gasteiger partial charge in [-0.05, 0) is 28.1 Å². The van der Waals surface area contributed by atoms with Crippen molar-refractivity contribution < 1.29 is 19.0 Å². The van der Waals surface area contributed by atoms with E-state index in [0.717, 1.165) is 15.6 Å². The summed E-state index contributed by atoms with van der Waals surface area (Å²) in [6.07, 6.45) is 0.752. The quantitative estimate of drug-likeness (QED) is 0.797. The molecule has 0 unspecified atom stereocenters. The summed E-state index contributed by atoms with van der Waals surface area (Å²) in [7, 11) is 0. The van der Waals surface area contributed by atoms with Gasteiger partial charge >= 0.3 is 0 Å². The Labute approximate surface area is 122 Å². The summed E-state index contributed by atoms with van der Waals surface area (Å²) in [5, 5.41) is 1.99. The van der Waals surface area contributed by atoms with Gasteiger partial charge < -0.3 is 14.2 Å². The van der Waals surface area contributed by atoms with Gasteiger partial charge in [-0.15, -0.1) is 11.3 Å². The Morgan fingerprint density at radius 1 is 1.32 bits per heavy atom. The summed E-state index contributed by atoms with van der Waals surface area (Å²) in [4.78, 5) is 12.1. The van der Waals surface area contributed by atoms with Crippen LogP contribution in [0.4, 0.5) is 0 Å². The van der Waals surface area contributed by atoms with Crippen LogP contribution in [-0.2, 0) is 6.61 Å². The van der Waals surface area contributed by atoms with Crippen molar-refractivity contribution in [1.29, 1.82) is 0 Å². The molecule has 2 aromatic rings. The zero-order valence-corrected chi connectivity index (χ0v) is 12.1. The molecule has 6 heteroatoms. The number of carbonyl (C=O) groups excluding carboxylic acids is 1. The first kappa shape index (κ1) is 12.5. The fourth-order valence-electron chi connectivity index (χ4n) is 1.73. The van der Waals surface area contributed by atoms with Gasteiger partial charge in [0.2, 0.25) is 6.79 Å². The lowest BCUT2D eigenvalue weighted by atomic mass is 10.2. The molecule has 0 spiro atoms. The number of hydrogen-bond donors (Lipinski definition) is 0. The lowest BCUT2D eigenvalue weighted by Crippen LogP contribution is -1.96. The van der Waals surface area contributed by atoms with Crippen molar-refractivity contribution in [1.82, 2.24) is 0 Å². The first-order valence-electron chi connectivity index (χ1n) is 5.51. The van der Waals surface area contributed by atoms with Crippen LogP contribution < -0.4 is 14.2 Å². The van der Waals surface area contributed by atoms with E-state index < -0.39 is 0 Å². The van der Waals surface area contributed by atoms with Crippen LogP contribution in [0.5, 0.6) is 17.2 Å². The minimum atomic E-state index is 0.176. The van der Waals surface area contributed by atoms with Gasteiger partial charge in [-0.25, -0.2) is 0 Å². The molecule has 0 bridgehead atoms. The highest BCUT2D eigenvalue weighted by atomic mass is 79.9. The van der Waals surface area contributed by atoms with Crippen LogP contribution in [0.25, 0.3) is 0 Å². The Bertz CT molecular complexity index is 623. The summed E-state index contributed by atoms with van der Waals surface area (Å²) >= 11 is 4.98. The van der Waals surface area contributed by atoms with E-state index >= 15 is 0 Å². The van der Waals surface area contributed by atoms with Gasteiger partial charge in [0, 0.05) is 20.8 Å². The van der Waals surface area contributed by atoms with Crippen molar-refractivity contribution >= 4 is 33.6 Å². The number of ether oxygens (including phenoxy) is 3. The average Bonchev–Trinajstić information content (AvgIpc) is 3.03. The van der Waals surface area contributed by atoms with Crippen LogP contribution in [-0.4, -0.2) is 13.1 Å². The molecule has 98 valence electrons. The van der Waals surface area contributed by atoms with Crippen LogP contribution in [0, 0.1) is 0 Å². The predicted molar refractivity (Wildman–Crippen MR) is 74.3 cm³/mol. The second-order valence-electron chi connectivity index (χ2n) is 3.88. The topological polar surface area (TPSA) is 44.8 Å². The molecule has 3 rings (SSSR count). The van der Waals surface area contributed by atoms with Crippen LogP contribution in [0.2, 0.25) is 0 Å². The summed E-state index contributed by atoms with van der Waals surface area (Å²) in [6.45, 7) is 0.589. The molecule has 0 saturated carbocycles. The number of fused-ring (bicyclic) bond motifs is 1. The second kappa shape index (κ2) is 5.22. The number of rotatable bonds is 4.